The fourth-order valence-corrected chi connectivity index (χ4v) is 2.24. The Labute approximate surface area is 118 Å². The zero-order valence-corrected chi connectivity index (χ0v) is 11.3. The fourth-order valence-electron chi connectivity index (χ4n) is 1.73. The van der Waals surface area contributed by atoms with Crippen molar-refractivity contribution in [1.29, 1.82) is 0 Å². The van der Waals surface area contributed by atoms with E-state index in [0.29, 0.717) is 0 Å². The van der Waals surface area contributed by atoms with Gasteiger partial charge in [0.05, 0.1) is 0 Å². The van der Waals surface area contributed by atoms with E-state index in [1.54, 1.807) is 0 Å². The lowest BCUT2D eigenvalue weighted by Crippen LogP contribution is -2.49. The molecule has 0 aromatic heterocycles. The molecule has 0 amide bonds. The lowest BCUT2D eigenvalue weighted by molar-refractivity contribution is -0.289. The molecule has 0 heterocycles. The molecule has 9 heteroatoms. The van der Waals surface area contributed by atoms with E-state index in [4.69, 9.17) is 5.73 Å². The van der Waals surface area contributed by atoms with Crippen LogP contribution >= 0.6 is 15.9 Å². The molecule has 0 radical (unpaired) electrons. The van der Waals surface area contributed by atoms with E-state index in [-0.39, 0.29) is 10.0 Å². The van der Waals surface area contributed by atoms with Crippen LogP contribution in [0.3, 0.4) is 0 Å². The van der Waals surface area contributed by atoms with Crippen LogP contribution < -0.4 is 5.73 Å². The number of halogens is 8. The van der Waals surface area contributed by atoms with Crippen molar-refractivity contribution in [2.45, 2.75) is 24.8 Å². The molecule has 1 rings (SSSR count). The molecule has 1 aromatic rings. The number of alkyl halides is 6. The van der Waals surface area contributed by atoms with Crippen molar-refractivity contribution in [3.05, 3.63) is 34.1 Å². The van der Waals surface area contributed by atoms with E-state index in [2.05, 4.69) is 15.9 Å². The predicted octanol–water partition coefficient (Wildman–Crippen LogP) is 4.20. The molecule has 2 N–H and O–H groups in total. The second-order valence-corrected chi connectivity index (χ2v) is 5.02. The van der Waals surface area contributed by atoms with Gasteiger partial charge in [-0.2, -0.15) is 26.3 Å². The number of benzene rings is 1. The number of hydrogen-bond acceptors (Lipinski definition) is 1. The Morgan fingerprint density at radius 1 is 1.05 bits per heavy atom. The zero-order chi connectivity index (χ0) is 15.7. The highest BCUT2D eigenvalue weighted by Gasteiger charge is 2.59. The highest BCUT2D eigenvalue weighted by atomic mass is 79.9. The van der Waals surface area contributed by atoms with Crippen molar-refractivity contribution in [1.82, 2.24) is 0 Å². The van der Waals surface area contributed by atoms with Crippen molar-refractivity contribution in [3.63, 3.8) is 0 Å². The molecule has 0 saturated carbocycles. The van der Waals surface area contributed by atoms with Gasteiger partial charge >= 0.3 is 12.4 Å². The van der Waals surface area contributed by atoms with Gasteiger partial charge in [-0.3, -0.25) is 0 Å². The molecule has 1 atom stereocenters. The molecule has 0 saturated heterocycles. The first-order valence-electron chi connectivity index (χ1n) is 5.26. The molecule has 0 fully saturated rings. The first kappa shape index (κ1) is 17.2. The SMILES string of the molecule is NC(Cc1ccc(F)cc1Br)C(C(F)(F)F)C(F)(F)F. The average Bonchev–Trinajstić information content (AvgIpc) is 2.17. The number of rotatable bonds is 3. The van der Waals surface area contributed by atoms with Crippen molar-refractivity contribution in [2.24, 2.45) is 11.7 Å². The van der Waals surface area contributed by atoms with Crippen molar-refractivity contribution < 1.29 is 30.7 Å². The van der Waals surface area contributed by atoms with E-state index < -0.39 is 36.6 Å². The predicted molar refractivity (Wildman–Crippen MR) is 61.4 cm³/mol. The molecule has 1 nitrogen and oxygen atoms in total. The second kappa shape index (κ2) is 5.88. The monoisotopic (exact) mass is 367 g/mol. The maximum absolute atomic E-state index is 12.8. The lowest BCUT2D eigenvalue weighted by Gasteiger charge is -2.28. The van der Waals surface area contributed by atoms with Gasteiger partial charge in [0.25, 0.3) is 0 Å². The molecule has 0 bridgehead atoms. The van der Waals surface area contributed by atoms with E-state index in [9.17, 15) is 30.7 Å². The second-order valence-electron chi connectivity index (χ2n) is 4.16. The summed E-state index contributed by atoms with van der Waals surface area (Å²) in [5.41, 5.74) is 5.14. The Morgan fingerprint density at radius 3 is 1.95 bits per heavy atom. The standard InChI is InChI=1S/C11H9BrF7N/c12-7-4-6(13)2-1-5(7)3-8(20)9(10(14,15)16)11(17,18)19/h1-2,4,8-9H,3,20H2. The van der Waals surface area contributed by atoms with Crippen molar-refractivity contribution in [2.75, 3.05) is 0 Å². The fraction of sp³-hybridized carbons (Fsp3) is 0.455. The van der Waals surface area contributed by atoms with Crippen LogP contribution in [0.25, 0.3) is 0 Å². The molecule has 1 aromatic carbocycles. The average molecular weight is 368 g/mol. The van der Waals surface area contributed by atoms with Crippen LogP contribution in [0.2, 0.25) is 0 Å². The van der Waals surface area contributed by atoms with Gasteiger partial charge < -0.3 is 5.73 Å². The minimum absolute atomic E-state index is 0.0658. The normalized spacial score (nSPS) is 14.7. The summed E-state index contributed by atoms with van der Waals surface area (Å²) in [5.74, 6) is -4.30. The van der Waals surface area contributed by atoms with E-state index >= 15 is 0 Å². The van der Waals surface area contributed by atoms with Gasteiger partial charge in [-0.1, -0.05) is 22.0 Å². The van der Waals surface area contributed by atoms with Gasteiger partial charge in [0.15, 0.2) is 5.92 Å². The summed E-state index contributed by atoms with van der Waals surface area (Å²) in [4.78, 5) is 0. The van der Waals surface area contributed by atoms with Crippen molar-refractivity contribution >= 4 is 15.9 Å². The maximum Gasteiger partial charge on any atom is 0.402 e. The van der Waals surface area contributed by atoms with Gasteiger partial charge in [-0.15, -0.1) is 0 Å². The van der Waals surface area contributed by atoms with E-state index in [1.807, 2.05) is 0 Å². The minimum Gasteiger partial charge on any atom is -0.327 e. The summed E-state index contributed by atoms with van der Waals surface area (Å²) in [7, 11) is 0. The number of hydrogen-bond donors (Lipinski definition) is 1. The molecule has 0 aliphatic heterocycles. The third-order valence-electron chi connectivity index (χ3n) is 2.60. The maximum atomic E-state index is 12.8. The summed E-state index contributed by atoms with van der Waals surface area (Å²) in [6.45, 7) is 0. The molecule has 0 aliphatic rings. The van der Waals surface area contributed by atoms with Gasteiger partial charge in [-0.05, 0) is 24.1 Å². The molecular formula is C11H9BrF7N. The topological polar surface area (TPSA) is 26.0 Å². The molecule has 1 unspecified atom stereocenters. The highest BCUT2D eigenvalue weighted by Crippen LogP contribution is 2.41. The van der Waals surface area contributed by atoms with Gasteiger partial charge in [0.2, 0.25) is 0 Å². The van der Waals surface area contributed by atoms with Gasteiger partial charge in [0, 0.05) is 10.5 Å². The Morgan fingerprint density at radius 2 is 1.55 bits per heavy atom. The summed E-state index contributed by atoms with van der Waals surface area (Å²) in [6, 6.07) is 0.751. The lowest BCUT2D eigenvalue weighted by atomic mass is 9.93. The summed E-state index contributed by atoms with van der Waals surface area (Å²) in [6.07, 6.45) is -11.7. The largest absolute Gasteiger partial charge is 0.402 e. The molecule has 20 heavy (non-hydrogen) atoms. The minimum atomic E-state index is -5.50. The summed E-state index contributed by atoms with van der Waals surface area (Å²) in [5, 5.41) is 0. The Hall–Kier alpha value is -0.830. The van der Waals surface area contributed by atoms with Crippen LogP contribution in [0.15, 0.2) is 22.7 Å². The Kier molecular flexibility index (Phi) is 5.07. The van der Waals surface area contributed by atoms with Crippen LogP contribution in [-0.4, -0.2) is 18.4 Å². The molecular weight excluding hydrogens is 359 g/mol. The third kappa shape index (κ3) is 4.34. The van der Waals surface area contributed by atoms with Crippen LogP contribution in [0.1, 0.15) is 5.56 Å². The van der Waals surface area contributed by atoms with E-state index in [1.165, 1.54) is 0 Å². The first-order valence-corrected chi connectivity index (χ1v) is 6.05. The molecule has 114 valence electrons. The smallest absolute Gasteiger partial charge is 0.327 e. The Bertz CT molecular complexity index is 455. The first-order chi connectivity index (χ1) is 8.93. The van der Waals surface area contributed by atoms with Crippen LogP contribution in [0, 0.1) is 11.7 Å². The zero-order valence-electron chi connectivity index (χ0n) is 9.69. The quantitative estimate of drug-likeness (QED) is 0.796. The molecule has 0 spiro atoms. The van der Waals surface area contributed by atoms with Crippen LogP contribution in [-0.2, 0) is 6.42 Å². The highest BCUT2D eigenvalue weighted by molar-refractivity contribution is 9.10. The summed E-state index contributed by atoms with van der Waals surface area (Å²) < 4.78 is 87.6. The van der Waals surface area contributed by atoms with Gasteiger partial charge in [-0.25, -0.2) is 4.39 Å². The van der Waals surface area contributed by atoms with Crippen molar-refractivity contribution in [3.8, 4) is 0 Å². The molecule has 0 aliphatic carbocycles. The summed E-state index contributed by atoms with van der Waals surface area (Å²) >= 11 is 2.87. The van der Waals surface area contributed by atoms with E-state index in [0.717, 1.165) is 18.2 Å². The van der Waals surface area contributed by atoms with Gasteiger partial charge in [0.1, 0.15) is 5.82 Å². The third-order valence-corrected chi connectivity index (χ3v) is 3.34. The van der Waals surface area contributed by atoms with Crippen LogP contribution in [0.5, 0.6) is 0 Å². The van der Waals surface area contributed by atoms with Crippen LogP contribution in [0.4, 0.5) is 30.7 Å². The number of nitrogens with two attached hydrogens (primary N) is 1. The Balaban J connectivity index is 3.00.